The third-order valence-corrected chi connectivity index (χ3v) is 3.81. The van der Waals surface area contributed by atoms with E-state index in [1.54, 1.807) is 0 Å². The minimum atomic E-state index is 0.551. The maximum Gasteiger partial charge on any atom is 0.0470 e. The van der Waals surface area contributed by atoms with E-state index in [1.165, 1.54) is 16.7 Å². The molecule has 0 radical (unpaired) electrons. The highest BCUT2D eigenvalue weighted by Crippen LogP contribution is 2.32. The highest BCUT2D eigenvalue weighted by Gasteiger charge is 2.19. The highest BCUT2D eigenvalue weighted by molar-refractivity contribution is 5.80. The fourth-order valence-corrected chi connectivity index (χ4v) is 2.53. The molecular formula is C17H20N2. The summed E-state index contributed by atoms with van der Waals surface area (Å²) < 4.78 is 0. The van der Waals surface area contributed by atoms with Crippen LogP contribution in [0.4, 0.5) is 0 Å². The van der Waals surface area contributed by atoms with Crippen LogP contribution in [-0.4, -0.2) is 31.6 Å². The molecule has 1 saturated heterocycles. The zero-order chi connectivity index (χ0) is 13.1. The molecule has 0 saturated carbocycles. The third kappa shape index (κ3) is 3.03. The third-order valence-electron chi connectivity index (χ3n) is 3.81. The number of benzene rings is 2. The van der Waals surface area contributed by atoms with Gasteiger partial charge in [-0.05, 0) is 29.8 Å². The Kier molecular flexibility index (Phi) is 3.62. The first-order valence-electron chi connectivity index (χ1n) is 6.91. The molecule has 0 spiro atoms. The quantitative estimate of drug-likeness (QED) is 0.716. The van der Waals surface area contributed by atoms with Crippen LogP contribution in [0.5, 0.6) is 0 Å². The van der Waals surface area contributed by atoms with Gasteiger partial charge >= 0.3 is 0 Å². The monoisotopic (exact) mass is 252 g/mol. The molecule has 1 fully saturated rings. The second kappa shape index (κ2) is 5.55. The number of hydrogen-bond acceptors (Lipinski definition) is 2. The summed E-state index contributed by atoms with van der Waals surface area (Å²) in [6.07, 6.45) is 0. The van der Waals surface area contributed by atoms with E-state index < -0.39 is 0 Å². The molecule has 1 N–H and O–H groups in total. The van der Waals surface area contributed by atoms with Crippen LogP contribution in [0.25, 0.3) is 11.1 Å². The van der Waals surface area contributed by atoms with E-state index in [0.717, 1.165) is 19.6 Å². The summed E-state index contributed by atoms with van der Waals surface area (Å²) in [5.41, 5.74) is 4.27. The first-order chi connectivity index (χ1) is 9.34. The van der Waals surface area contributed by atoms with Crippen molar-refractivity contribution in [2.75, 3.05) is 26.7 Å². The zero-order valence-corrected chi connectivity index (χ0v) is 11.3. The predicted molar refractivity (Wildman–Crippen MR) is 80.1 cm³/mol. The first kappa shape index (κ1) is 12.4. The molecule has 1 aliphatic heterocycles. The van der Waals surface area contributed by atoms with Gasteiger partial charge in [0.2, 0.25) is 0 Å². The molecular weight excluding hydrogens is 232 g/mol. The summed E-state index contributed by atoms with van der Waals surface area (Å²) >= 11 is 0. The summed E-state index contributed by atoms with van der Waals surface area (Å²) in [6, 6.07) is 19.7. The van der Waals surface area contributed by atoms with E-state index in [-0.39, 0.29) is 0 Å². The number of piperazine rings is 1. The number of nitrogens with one attached hydrogen (secondary N) is 1. The van der Waals surface area contributed by atoms with Gasteiger partial charge in [-0.3, -0.25) is 4.90 Å². The Hall–Kier alpha value is -1.64. The lowest BCUT2D eigenvalue weighted by molar-refractivity contribution is 0.202. The minimum Gasteiger partial charge on any atom is -0.314 e. The Bertz CT molecular complexity index is 519. The molecule has 3 aliphatic rings. The summed E-state index contributed by atoms with van der Waals surface area (Å²) in [6.45, 7) is 3.32. The first-order valence-corrected chi connectivity index (χ1v) is 6.91. The molecule has 0 bridgehead atoms. The average Bonchev–Trinajstić information content (AvgIpc) is 3.07. The molecule has 1 aromatic rings. The van der Waals surface area contributed by atoms with Crippen molar-refractivity contribution < 1.29 is 0 Å². The van der Waals surface area contributed by atoms with Gasteiger partial charge in [-0.25, -0.2) is 0 Å². The van der Waals surface area contributed by atoms with Crippen molar-refractivity contribution in [1.29, 1.82) is 0 Å². The van der Waals surface area contributed by atoms with Gasteiger partial charge in [0.05, 0.1) is 0 Å². The minimum absolute atomic E-state index is 0.551. The van der Waals surface area contributed by atoms with E-state index in [0.29, 0.717) is 6.04 Å². The topological polar surface area (TPSA) is 15.3 Å². The van der Waals surface area contributed by atoms with Gasteiger partial charge in [0.15, 0.2) is 0 Å². The lowest BCUT2D eigenvalue weighted by Gasteiger charge is -2.33. The number of fused-ring (bicyclic) bond motifs is 1. The van der Waals surface area contributed by atoms with Crippen molar-refractivity contribution in [3.63, 3.8) is 0 Å². The summed E-state index contributed by atoms with van der Waals surface area (Å²) in [5, 5.41) is 3.42. The Labute approximate surface area is 115 Å². The Balaban J connectivity index is 0.000000151. The van der Waals surface area contributed by atoms with E-state index in [1.807, 2.05) is 0 Å². The molecule has 0 amide bonds. The van der Waals surface area contributed by atoms with Crippen LogP contribution in [0.3, 0.4) is 0 Å². The van der Waals surface area contributed by atoms with Crippen LogP contribution >= 0.6 is 0 Å². The Morgan fingerprint density at radius 2 is 1.74 bits per heavy atom. The normalized spacial score (nSPS) is 20.4. The summed E-state index contributed by atoms with van der Waals surface area (Å²) in [7, 11) is 2.19. The molecule has 1 aromatic carbocycles. The van der Waals surface area contributed by atoms with E-state index in [9.17, 15) is 0 Å². The number of nitrogens with zero attached hydrogens (tertiary/aromatic N) is 1. The standard InChI is InChI=1S/C11H16N2.C6H4/c1-13-8-7-12-9-11(13)10-5-3-2-4-6-10;1-2-5-4-6(5)3-1/h2-6,11-12H,7-9H2,1H3;1-4H. The van der Waals surface area contributed by atoms with Gasteiger partial charge in [0.25, 0.3) is 0 Å². The van der Waals surface area contributed by atoms with Crippen molar-refractivity contribution in [1.82, 2.24) is 10.2 Å². The van der Waals surface area contributed by atoms with E-state index in [4.69, 9.17) is 0 Å². The van der Waals surface area contributed by atoms with Crippen molar-refractivity contribution in [3.8, 4) is 11.1 Å². The molecule has 19 heavy (non-hydrogen) atoms. The van der Waals surface area contributed by atoms with E-state index in [2.05, 4.69) is 71.9 Å². The molecule has 98 valence electrons. The predicted octanol–water partition coefficient (Wildman–Crippen LogP) is 2.93. The summed E-state index contributed by atoms with van der Waals surface area (Å²) in [5.74, 6) is 0. The molecule has 4 rings (SSSR count). The molecule has 0 aromatic heterocycles. The van der Waals surface area contributed by atoms with Crippen LogP contribution in [0, 0.1) is 0 Å². The second-order valence-electron chi connectivity index (χ2n) is 5.19. The average molecular weight is 252 g/mol. The van der Waals surface area contributed by atoms with Crippen molar-refractivity contribution >= 4 is 0 Å². The molecule has 1 atom stereocenters. The fraction of sp³-hybridized carbons (Fsp3) is 0.294. The van der Waals surface area contributed by atoms with Gasteiger partial charge in [-0.1, -0.05) is 48.5 Å². The maximum atomic E-state index is 3.42. The highest BCUT2D eigenvalue weighted by atomic mass is 15.2. The SMILES string of the molecule is CN1CCNCC1c1ccccc1.c1cc2cc-2c1. The smallest absolute Gasteiger partial charge is 0.0470 e. The molecule has 2 aliphatic carbocycles. The van der Waals surface area contributed by atoms with Crippen LogP contribution in [0.1, 0.15) is 11.6 Å². The van der Waals surface area contributed by atoms with Gasteiger partial charge in [0, 0.05) is 25.7 Å². The van der Waals surface area contributed by atoms with Gasteiger partial charge in [-0.2, -0.15) is 0 Å². The van der Waals surface area contributed by atoms with Crippen molar-refractivity contribution in [2.24, 2.45) is 0 Å². The van der Waals surface area contributed by atoms with E-state index >= 15 is 0 Å². The lowest BCUT2D eigenvalue weighted by atomic mass is 10.0. The number of likely N-dealkylation sites (N-methyl/N-ethyl adjacent to an activating group) is 1. The Morgan fingerprint density at radius 3 is 2.26 bits per heavy atom. The fourth-order valence-electron chi connectivity index (χ4n) is 2.53. The molecule has 2 nitrogen and oxygen atoms in total. The van der Waals surface area contributed by atoms with Gasteiger partial charge < -0.3 is 5.32 Å². The van der Waals surface area contributed by atoms with Crippen molar-refractivity contribution in [2.45, 2.75) is 6.04 Å². The van der Waals surface area contributed by atoms with Crippen LogP contribution in [0.2, 0.25) is 0 Å². The maximum absolute atomic E-state index is 3.42. The largest absolute Gasteiger partial charge is 0.314 e. The number of hydrogen-bond donors (Lipinski definition) is 1. The summed E-state index contributed by atoms with van der Waals surface area (Å²) in [4.78, 5) is 2.41. The van der Waals surface area contributed by atoms with Crippen LogP contribution in [-0.2, 0) is 0 Å². The zero-order valence-electron chi connectivity index (χ0n) is 11.3. The van der Waals surface area contributed by atoms with Crippen molar-refractivity contribution in [3.05, 3.63) is 60.2 Å². The Morgan fingerprint density at radius 1 is 1.00 bits per heavy atom. The lowest BCUT2D eigenvalue weighted by Crippen LogP contribution is -2.43. The van der Waals surface area contributed by atoms with Crippen LogP contribution in [0.15, 0.2) is 54.6 Å². The second-order valence-corrected chi connectivity index (χ2v) is 5.19. The van der Waals surface area contributed by atoms with Crippen LogP contribution < -0.4 is 5.32 Å². The number of rotatable bonds is 1. The molecule has 1 unspecified atom stereocenters. The van der Waals surface area contributed by atoms with Gasteiger partial charge in [0.1, 0.15) is 0 Å². The van der Waals surface area contributed by atoms with Gasteiger partial charge in [-0.15, -0.1) is 0 Å². The molecule has 1 heterocycles. The molecule has 2 heteroatoms.